The van der Waals surface area contributed by atoms with Gasteiger partial charge in [0.05, 0.1) is 11.9 Å². The third kappa shape index (κ3) is 3.95. The molecule has 2 heterocycles. The first-order valence-corrected chi connectivity index (χ1v) is 10.5. The van der Waals surface area contributed by atoms with E-state index >= 15 is 0 Å². The van der Waals surface area contributed by atoms with E-state index in [0.29, 0.717) is 44.8 Å². The second kappa shape index (κ2) is 7.29. The number of carbonyl (C=O) groups is 1. The summed E-state index contributed by atoms with van der Waals surface area (Å²) in [5, 5.41) is 0. The number of halogens is 1. The van der Waals surface area contributed by atoms with Crippen molar-refractivity contribution in [3.63, 3.8) is 0 Å². The van der Waals surface area contributed by atoms with Crippen LogP contribution in [0.15, 0.2) is 24.3 Å². The third-order valence-electron chi connectivity index (χ3n) is 4.95. The molecule has 0 saturated carbocycles. The maximum atomic E-state index is 13.9. The van der Waals surface area contributed by atoms with Crippen molar-refractivity contribution in [2.24, 2.45) is 0 Å². The van der Waals surface area contributed by atoms with Gasteiger partial charge in [-0.2, -0.15) is 4.31 Å². The van der Waals surface area contributed by atoms with Gasteiger partial charge < -0.3 is 9.80 Å². The first-order chi connectivity index (χ1) is 11.9. The van der Waals surface area contributed by atoms with Crippen molar-refractivity contribution in [3.8, 4) is 0 Å². The van der Waals surface area contributed by atoms with Gasteiger partial charge in [-0.25, -0.2) is 12.8 Å². The number of nitrogens with zero attached hydrogens (tertiary/aromatic N) is 3. The second-order valence-electron chi connectivity index (χ2n) is 6.65. The molecule has 8 heteroatoms. The van der Waals surface area contributed by atoms with E-state index in [1.54, 1.807) is 23.1 Å². The standard InChI is InChI=1S/C17H24FN3O3S/c1-25(23,24)21-9-5-4-8-16(21)17(22)20-12-10-19(11-13-20)15-7-3-2-6-14(15)18/h2-3,6-7,16H,4-5,8-13H2,1H3/t16-/m1/s1. The molecule has 1 aromatic rings. The molecule has 2 aliphatic rings. The fourth-order valence-corrected chi connectivity index (χ4v) is 4.75. The maximum absolute atomic E-state index is 13.9. The number of rotatable bonds is 3. The van der Waals surface area contributed by atoms with E-state index in [9.17, 15) is 17.6 Å². The van der Waals surface area contributed by atoms with Crippen LogP contribution in [-0.4, -0.2) is 68.6 Å². The van der Waals surface area contributed by atoms with Gasteiger partial charge in [0.1, 0.15) is 11.9 Å². The summed E-state index contributed by atoms with van der Waals surface area (Å²) in [5.74, 6) is -0.392. The highest BCUT2D eigenvalue weighted by Crippen LogP contribution is 2.24. The number of sulfonamides is 1. The largest absolute Gasteiger partial charge is 0.366 e. The molecule has 0 bridgehead atoms. The molecular weight excluding hydrogens is 345 g/mol. The fourth-order valence-electron chi connectivity index (χ4n) is 3.64. The smallest absolute Gasteiger partial charge is 0.241 e. The SMILES string of the molecule is CS(=O)(=O)N1CCCC[C@@H]1C(=O)N1CCN(c2ccccc2F)CC1. The highest BCUT2D eigenvalue weighted by Gasteiger charge is 2.37. The third-order valence-corrected chi connectivity index (χ3v) is 6.24. The Hall–Kier alpha value is -1.67. The van der Waals surface area contributed by atoms with Crippen LogP contribution in [0.1, 0.15) is 19.3 Å². The van der Waals surface area contributed by atoms with Crippen molar-refractivity contribution in [1.29, 1.82) is 0 Å². The lowest BCUT2D eigenvalue weighted by Crippen LogP contribution is -2.57. The number of amides is 1. The van der Waals surface area contributed by atoms with Crippen LogP contribution in [0, 0.1) is 5.82 Å². The summed E-state index contributed by atoms with van der Waals surface area (Å²) < 4.78 is 39.2. The second-order valence-corrected chi connectivity index (χ2v) is 8.58. The molecule has 1 atom stereocenters. The molecule has 2 fully saturated rings. The minimum Gasteiger partial charge on any atom is -0.366 e. The summed E-state index contributed by atoms with van der Waals surface area (Å²) in [6.45, 7) is 2.43. The van der Waals surface area contributed by atoms with Gasteiger partial charge in [0.25, 0.3) is 0 Å². The maximum Gasteiger partial charge on any atom is 0.241 e. The number of anilines is 1. The van der Waals surface area contributed by atoms with Crippen LogP contribution < -0.4 is 4.90 Å². The van der Waals surface area contributed by atoms with Crippen LogP contribution in [0.5, 0.6) is 0 Å². The van der Waals surface area contributed by atoms with E-state index in [2.05, 4.69) is 0 Å². The molecule has 25 heavy (non-hydrogen) atoms. The van der Waals surface area contributed by atoms with E-state index < -0.39 is 16.1 Å². The van der Waals surface area contributed by atoms with Crippen LogP contribution >= 0.6 is 0 Å². The summed E-state index contributed by atoms with van der Waals surface area (Å²) in [4.78, 5) is 16.5. The summed E-state index contributed by atoms with van der Waals surface area (Å²) in [6, 6.07) is 6.02. The molecule has 0 spiro atoms. The Morgan fingerprint density at radius 2 is 1.76 bits per heavy atom. The Balaban J connectivity index is 1.66. The lowest BCUT2D eigenvalue weighted by molar-refractivity contribution is -0.136. The number of piperidine rings is 1. The van der Waals surface area contributed by atoms with Crippen molar-refractivity contribution >= 4 is 21.6 Å². The van der Waals surface area contributed by atoms with Crippen LogP contribution in [0.3, 0.4) is 0 Å². The van der Waals surface area contributed by atoms with Crippen molar-refractivity contribution in [2.45, 2.75) is 25.3 Å². The van der Waals surface area contributed by atoms with E-state index in [-0.39, 0.29) is 11.7 Å². The van der Waals surface area contributed by atoms with E-state index in [1.807, 2.05) is 4.90 Å². The summed E-state index contributed by atoms with van der Waals surface area (Å²) in [6.07, 6.45) is 3.38. The first kappa shape index (κ1) is 18.1. The molecule has 0 aliphatic carbocycles. The molecule has 1 amide bonds. The number of benzene rings is 1. The molecule has 0 radical (unpaired) electrons. The van der Waals surface area contributed by atoms with Crippen molar-refractivity contribution in [2.75, 3.05) is 43.9 Å². The molecular formula is C17H24FN3O3S. The van der Waals surface area contributed by atoms with E-state index in [0.717, 1.165) is 19.1 Å². The Labute approximate surface area is 148 Å². The summed E-state index contributed by atoms with van der Waals surface area (Å²) in [5.41, 5.74) is 0.546. The number of hydrogen-bond acceptors (Lipinski definition) is 4. The molecule has 2 saturated heterocycles. The van der Waals surface area contributed by atoms with Crippen LogP contribution in [0.2, 0.25) is 0 Å². The average Bonchev–Trinajstić information content (AvgIpc) is 2.61. The molecule has 1 aromatic carbocycles. The van der Waals surface area contributed by atoms with Gasteiger partial charge >= 0.3 is 0 Å². The molecule has 6 nitrogen and oxygen atoms in total. The number of carbonyl (C=O) groups excluding carboxylic acids is 1. The molecule has 3 rings (SSSR count). The predicted molar refractivity (Wildman–Crippen MR) is 94.4 cm³/mol. The normalized spacial score (nSPS) is 22.9. The van der Waals surface area contributed by atoms with Gasteiger partial charge in [0.15, 0.2) is 0 Å². The zero-order valence-corrected chi connectivity index (χ0v) is 15.2. The zero-order chi connectivity index (χ0) is 18.0. The minimum absolute atomic E-state index is 0.127. The zero-order valence-electron chi connectivity index (χ0n) is 14.4. The van der Waals surface area contributed by atoms with Gasteiger partial charge in [-0.05, 0) is 25.0 Å². The predicted octanol–water partition coefficient (Wildman–Crippen LogP) is 1.29. The summed E-state index contributed by atoms with van der Waals surface area (Å²) in [7, 11) is -3.39. The number of hydrogen-bond donors (Lipinski definition) is 0. The highest BCUT2D eigenvalue weighted by atomic mass is 32.2. The van der Waals surface area contributed by atoms with Crippen LogP contribution in [0.4, 0.5) is 10.1 Å². The molecule has 0 N–H and O–H groups in total. The van der Waals surface area contributed by atoms with Crippen molar-refractivity contribution in [3.05, 3.63) is 30.1 Å². The van der Waals surface area contributed by atoms with Gasteiger partial charge in [0, 0.05) is 32.7 Å². The van der Waals surface area contributed by atoms with Gasteiger partial charge in [0.2, 0.25) is 15.9 Å². The van der Waals surface area contributed by atoms with Gasteiger partial charge in [-0.1, -0.05) is 18.6 Å². The van der Waals surface area contributed by atoms with E-state index in [4.69, 9.17) is 0 Å². The monoisotopic (exact) mass is 369 g/mol. The topological polar surface area (TPSA) is 60.9 Å². The quantitative estimate of drug-likeness (QED) is 0.806. The molecule has 138 valence electrons. The van der Waals surface area contributed by atoms with Gasteiger partial charge in [-0.3, -0.25) is 4.79 Å². The summed E-state index contributed by atoms with van der Waals surface area (Å²) >= 11 is 0. The fraction of sp³-hybridized carbons (Fsp3) is 0.588. The number of piperazine rings is 1. The van der Waals surface area contributed by atoms with Gasteiger partial charge in [-0.15, -0.1) is 0 Å². The van der Waals surface area contributed by atoms with E-state index in [1.165, 1.54) is 10.4 Å². The lowest BCUT2D eigenvalue weighted by atomic mass is 10.0. The molecule has 0 unspecified atom stereocenters. The van der Waals surface area contributed by atoms with Crippen LogP contribution in [-0.2, 0) is 14.8 Å². The lowest BCUT2D eigenvalue weighted by Gasteiger charge is -2.40. The Morgan fingerprint density at radius 1 is 1.08 bits per heavy atom. The Bertz CT molecular complexity index is 732. The Morgan fingerprint density at radius 3 is 2.40 bits per heavy atom. The van der Waals surface area contributed by atoms with Crippen LogP contribution in [0.25, 0.3) is 0 Å². The van der Waals surface area contributed by atoms with Crippen molar-refractivity contribution in [1.82, 2.24) is 9.21 Å². The number of para-hydroxylation sites is 1. The minimum atomic E-state index is -3.39. The molecule has 2 aliphatic heterocycles. The Kier molecular flexibility index (Phi) is 5.29. The van der Waals surface area contributed by atoms with Crippen molar-refractivity contribution < 1.29 is 17.6 Å². The molecule has 0 aromatic heterocycles. The average molecular weight is 369 g/mol. The first-order valence-electron chi connectivity index (χ1n) is 8.63. The highest BCUT2D eigenvalue weighted by molar-refractivity contribution is 7.88.